The van der Waals surface area contributed by atoms with Crippen LogP contribution in [0.15, 0.2) is 35.1 Å². The van der Waals surface area contributed by atoms with Gasteiger partial charge in [0, 0.05) is 5.56 Å². The van der Waals surface area contributed by atoms with Crippen LogP contribution in [0.25, 0.3) is 6.08 Å². The van der Waals surface area contributed by atoms with E-state index in [4.69, 9.17) is 5.26 Å². The molecular formula is C11H9NO2. The smallest absolute Gasteiger partial charge is 0.220 e. The first kappa shape index (κ1) is 10.0. The minimum Gasteiger partial charge on any atom is -0.504 e. The SMILES string of the molecule is N#CC/C=C/c1ccccc(=O)c1O. The van der Waals surface area contributed by atoms with Crippen molar-refractivity contribution in [3.63, 3.8) is 0 Å². The van der Waals surface area contributed by atoms with Gasteiger partial charge in [0.05, 0.1) is 12.5 Å². The fourth-order valence-electron chi connectivity index (χ4n) is 0.975. The first-order valence-corrected chi connectivity index (χ1v) is 4.11. The molecule has 0 spiro atoms. The van der Waals surface area contributed by atoms with Crippen LogP contribution in [-0.4, -0.2) is 5.11 Å². The lowest BCUT2D eigenvalue weighted by Gasteiger charge is -1.90. The number of aromatic hydroxyl groups is 1. The van der Waals surface area contributed by atoms with E-state index in [-0.39, 0.29) is 12.2 Å². The highest BCUT2D eigenvalue weighted by Gasteiger charge is 1.97. The van der Waals surface area contributed by atoms with Crippen molar-refractivity contribution in [2.75, 3.05) is 0 Å². The first-order valence-electron chi connectivity index (χ1n) is 4.11. The highest BCUT2D eigenvalue weighted by atomic mass is 16.3. The second-order valence-electron chi connectivity index (χ2n) is 2.65. The molecule has 0 bridgehead atoms. The van der Waals surface area contributed by atoms with Crippen molar-refractivity contribution in [2.45, 2.75) is 6.42 Å². The molecule has 0 unspecified atom stereocenters. The van der Waals surface area contributed by atoms with E-state index in [1.165, 1.54) is 6.07 Å². The molecule has 0 aliphatic carbocycles. The van der Waals surface area contributed by atoms with Crippen LogP contribution in [0, 0.1) is 11.3 Å². The van der Waals surface area contributed by atoms with Gasteiger partial charge >= 0.3 is 0 Å². The molecule has 1 N–H and O–H groups in total. The summed E-state index contributed by atoms with van der Waals surface area (Å²) in [6, 6.07) is 8.06. The van der Waals surface area contributed by atoms with E-state index in [1.54, 1.807) is 30.4 Å². The molecule has 0 fully saturated rings. The van der Waals surface area contributed by atoms with Crippen molar-refractivity contribution < 1.29 is 5.11 Å². The third kappa shape index (κ3) is 2.46. The molecule has 0 radical (unpaired) electrons. The summed E-state index contributed by atoms with van der Waals surface area (Å²) in [6.45, 7) is 0. The number of hydrogen-bond acceptors (Lipinski definition) is 3. The number of nitrogens with zero attached hydrogens (tertiary/aromatic N) is 1. The zero-order chi connectivity index (χ0) is 10.4. The van der Waals surface area contributed by atoms with Crippen LogP contribution in [-0.2, 0) is 0 Å². The minimum absolute atomic E-state index is 0.256. The normalized spacial score (nSPS) is 9.93. The molecule has 0 aromatic heterocycles. The maximum absolute atomic E-state index is 11.1. The van der Waals surface area contributed by atoms with Gasteiger partial charge in [-0.2, -0.15) is 5.26 Å². The largest absolute Gasteiger partial charge is 0.504 e. The summed E-state index contributed by atoms with van der Waals surface area (Å²) in [5.74, 6) is -0.288. The Balaban J connectivity index is 3.12. The minimum atomic E-state index is -0.424. The van der Waals surface area contributed by atoms with E-state index >= 15 is 0 Å². The predicted molar refractivity (Wildman–Crippen MR) is 53.6 cm³/mol. The second-order valence-corrected chi connectivity index (χ2v) is 2.65. The first-order chi connectivity index (χ1) is 6.75. The van der Waals surface area contributed by atoms with Gasteiger partial charge < -0.3 is 5.11 Å². The van der Waals surface area contributed by atoms with E-state index in [2.05, 4.69) is 0 Å². The third-order valence-electron chi connectivity index (χ3n) is 1.65. The van der Waals surface area contributed by atoms with Crippen molar-refractivity contribution in [1.29, 1.82) is 5.26 Å². The Hall–Kier alpha value is -2.08. The van der Waals surface area contributed by atoms with Gasteiger partial charge in [-0.25, -0.2) is 0 Å². The van der Waals surface area contributed by atoms with Crippen LogP contribution >= 0.6 is 0 Å². The molecular weight excluding hydrogens is 178 g/mol. The van der Waals surface area contributed by atoms with Gasteiger partial charge in [0.15, 0.2) is 5.75 Å². The number of allylic oxidation sites excluding steroid dienone is 1. The number of nitriles is 1. The summed E-state index contributed by atoms with van der Waals surface area (Å²) >= 11 is 0. The summed E-state index contributed by atoms with van der Waals surface area (Å²) in [5, 5.41) is 17.7. The van der Waals surface area contributed by atoms with Crippen molar-refractivity contribution in [1.82, 2.24) is 0 Å². The summed E-state index contributed by atoms with van der Waals surface area (Å²) in [7, 11) is 0. The van der Waals surface area contributed by atoms with Crippen LogP contribution < -0.4 is 5.43 Å². The Kier molecular flexibility index (Phi) is 3.45. The Labute approximate surface area is 81.6 Å². The van der Waals surface area contributed by atoms with E-state index in [9.17, 15) is 9.90 Å². The maximum atomic E-state index is 11.1. The van der Waals surface area contributed by atoms with E-state index in [0.29, 0.717) is 5.56 Å². The number of hydrogen-bond donors (Lipinski definition) is 1. The lowest BCUT2D eigenvalue weighted by atomic mass is 10.2. The molecule has 3 nitrogen and oxygen atoms in total. The molecule has 0 heterocycles. The molecule has 1 aromatic carbocycles. The predicted octanol–water partition coefficient (Wildman–Crippen LogP) is 1.68. The van der Waals surface area contributed by atoms with Crippen LogP contribution in [0.4, 0.5) is 0 Å². The van der Waals surface area contributed by atoms with Crippen LogP contribution in [0.5, 0.6) is 5.75 Å². The monoisotopic (exact) mass is 187 g/mol. The summed E-state index contributed by atoms with van der Waals surface area (Å²) in [4.78, 5) is 11.1. The molecule has 0 atom stereocenters. The van der Waals surface area contributed by atoms with Crippen molar-refractivity contribution in [3.05, 3.63) is 46.1 Å². The van der Waals surface area contributed by atoms with Crippen molar-refractivity contribution >= 4 is 6.08 Å². The molecule has 1 aromatic rings. The van der Waals surface area contributed by atoms with Gasteiger partial charge in [0.2, 0.25) is 5.43 Å². The average molecular weight is 187 g/mol. The molecule has 70 valence electrons. The van der Waals surface area contributed by atoms with Gasteiger partial charge in [-0.05, 0) is 6.07 Å². The fraction of sp³-hybridized carbons (Fsp3) is 0.0909. The highest BCUT2D eigenvalue weighted by molar-refractivity contribution is 5.55. The molecule has 14 heavy (non-hydrogen) atoms. The molecule has 3 heteroatoms. The molecule has 0 amide bonds. The Bertz CT molecular complexity index is 444. The molecule has 0 aliphatic heterocycles. The molecule has 0 saturated carbocycles. The second kappa shape index (κ2) is 4.83. The van der Waals surface area contributed by atoms with E-state index in [0.717, 1.165) is 0 Å². The summed E-state index contributed by atoms with van der Waals surface area (Å²) < 4.78 is 0. The van der Waals surface area contributed by atoms with E-state index in [1.807, 2.05) is 6.07 Å². The maximum Gasteiger partial charge on any atom is 0.220 e. The standard InChI is InChI=1S/C11H9NO2/c12-8-4-3-6-9-5-1-2-7-10(13)11(9)14/h1-3,5-7H,4H2,(H,13,14)/b6-3+. The van der Waals surface area contributed by atoms with Gasteiger partial charge in [-0.3, -0.25) is 4.79 Å². The topological polar surface area (TPSA) is 61.1 Å². The molecule has 0 saturated heterocycles. The van der Waals surface area contributed by atoms with E-state index < -0.39 is 5.43 Å². The fourth-order valence-corrected chi connectivity index (χ4v) is 0.975. The Morgan fingerprint density at radius 2 is 2.14 bits per heavy atom. The van der Waals surface area contributed by atoms with Gasteiger partial charge in [0.1, 0.15) is 0 Å². The number of rotatable bonds is 2. The Morgan fingerprint density at radius 3 is 2.86 bits per heavy atom. The average Bonchev–Trinajstić information content (AvgIpc) is 2.33. The lowest BCUT2D eigenvalue weighted by Crippen LogP contribution is -1.93. The lowest BCUT2D eigenvalue weighted by molar-refractivity contribution is 0.470. The quantitative estimate of drug-likeness (QED) is 0.766. The highest BCUT2D eigenvalue weighted by Crippen LogP contribution is 2.11. The zero-order valence-electron chi connectivity index (χ0n) is 7.47. The third-order valence-corrected chi connectivity index (χ3v) is 1.65. The van der Waals surface area contributed by atoms with Gasteiger partial charge in [-0.15, -0.1) is 0 Å². The van der Waals surface area contributed by atoms with Crippen LogP contribution in [0.3, 0.4) is 0 Å². The molecule has 1 rings (SSSR count). The summed E-state index contributed by atoms with van der Waals surface area (Å²) in [5.41, 5.74) is 0.00172. The van der Waals surface area contributed by atoms with Crippen molar-refractivity contribution in [3.8, 4) is 11.8 Å². The Morgan fingerprint density at radius 1 is 1.43 bits per heavy atom. The van der Waals surface area contributed by atoms with Crippen LogP contribution in [0.1, 0.15) is 12.0 Å². The van der Waals surface area contributed by atoms with Crippen LogP contribution in [0.2, 0.25) is 0 Å². The molecule has 0 aliphatic rings. The van der Waals surface area contributed by atoms with Gasteiger partial charge in [0.25, 0.3) is 0 Å². The van der Waals surface area contributed by atoms with Gasteiger partial charge in [-0.1, -0.05) is 30.4 Å². The summed E-state index contributed by atoms with van der Waals surface area (Å²) in [6.07, 6.45) is 3.40. The zero-order valence-corrected chi connectivity index (χ0v) is 7.47. The van der Waals surface area contributed by atoms with Crippen molar-refractivity contribution in [2.24, 2.45) is 0 Å².